The second kappa shape index (κ2) is 2.98. The van der Waals surface area contributed by atoms with E-state index in [1.54, 1.807) is 6.07 Å². The standard InChI is InChI=1S/C10H12N2O3S/c1-10(2)9(13)12-7-4-3-6(11)5-8(7)16(10,14)15/h3-5H,11H2,1-2H3,(H,12,13). The second-order valence-corrected chi connectivity index (χ2v) is 6.69. The lowest BCUT2D eigenvalue weighted by Gasteiger charge is -2.30. The minimum Gasteiger partial charge on any atom is -0.399 e. The lowest BCUT2D eigenvalue weighted by Crippen LogP contribution is -2.48. The Hall–Kier alpha value is -1.56. The third-order valence-electron chi connectivity index (χ3n) is 2.76. The molecular formula is C10H12N2O3S. The van der Waals surface area contributed by atoms with Gasteiger partial charge in [0.2, 0.25) is 5.91 Å². The van der Waals surface area contributed by atoms with Crippen molar-refractivity contribution in [2.45, 2.75) is 23.5 Å². The summed E-state index contributed by atoms with van der Waals surface area (Å²) in [5.74, 6) is -0.523. The van der Waals surface area contributed by atoms with Crippen LogP contribution in [0.2, 0.25) is 0 Å². The first-order chi connectivity index (χ1) is 7.26. The first kappa shape index (κ1) is 10.9. The number of hydrogen-bond acceptors (Lipinski definition) is 4. The van der Waals surface area contributed by atoms with E-state index in [-0.39, 0.29) is 4.90 Å². The Bertz CT molecular complexity index is 576. The third kappa shape index (κ3) is 1.23. The van der Waals surface area contributed by atoms with Crippen LogP contribution in [0.1, 0.15) is 13.8 Å². The molecule has 0 unspecified atom stereocenters. The van der Waals surface area contributed by atoms with Gasteiger partial charge in [-0.1, -0.05) is 0 Å². The molecule has 1 amide bonds. The first-order valence-corrected chi connectivity index (χ1v) is 6.21. The average Bonchev–Trinajstić information content (AvgIpc) is 2.18. The molecular weight excluding hydrogens is 228 g/mol. The topological polar surface area (TPSA) is 89.3 Å². The van der Waals surface area contributed by atoms with Crippen molar-refractivity contribution in [3.8, 4) is 0 Å². The minimum absolute atomic E-state index is 0.0806. The van der Waals surface area contributed by atoms with Crippen LogP contribution in [0.5, 0.6) is 0 Å². The van der Waals surface area contributed by atoms with Crippen molar-refractivity contribution in [3.63, 3.8) is 0 Å². The number of rotatable bonds is 0. The average molecular weight is 240 g/mol. The molecule has 1 aromatic carbocycles. The molecule has 0 saturated heterocycles. The van der Waals surface area contributed by atoms with Gasteiger partial charge in [0, 0.05) is 5.69 Å². The largest absolute Gasteiger partial charge is 0.399 e. The van der Waals surface area contributed by atoms with E-state index >= 15 is 0 Å². The van der Waals surface area contributed by atoms with Gasteiger partial charge >= 0.3 is 0 Å². The van der Waals surface area contributed by atoms with Crippen molar-refractivity contribution in [2.75, 3.05) is 11.1 Å². The molecule has 16 heavy (non-hydrogen) atoms. The molecule has 1 aromatic rings. The van der Waals surface area contributed by atoms with E-state index in [2.05, 4.69) is 5.32 Å². The highest BCUT2D eigenvalue weighted by Gasteiger charge is 2.47. The Kier molecular flexibility index (Phi) is 2.03. The maximum absolute atomic E-state index is 12.2. The predicted octanol–water partition coefficient (Wildman–Crippen LogP) is 0.773. The Balaban J connectivity index is 2.79. The van der Waals surface area contributed by atoms with Crippen molar-refractivity contribution >= 4 is 27.1 Å². The van der Waals surface area contributed by atoms with Crippen LogP contribution in [0, 0.1) is 0 Å². The molecule has 5 nitrogen and oxygen atoms in total. The Morgan fingerprint density at radius 3 is 2.56 bits per heavy atom. The van der Waals surface area contributed by atoms with Gasteiger partial charge in [0.05, 0.1) is 10.6 Å². The highest BCUT2D eigenvalue weighted by atomic mass is 32.2. The van der Waals surface area contributed by atoms with E-state index in [4.69, 9.17) is 5.73 Å². The van der Waals surface area contributed by atoms with Gasteiger partial charge in [-0.15, -0.1) is 0 Å². The fraction of sp³-hybridized carbons (Fsp3) is 0.300. The first-order valence-electron chi connectivity index (χ1n) is 4.72. The fourth-order valence-electron chi connectivity index (χ4n) is 1.53. The van der Waals surface area contributed by atoms with Crippen molar-refractivity contribution in [2.24, 2.45) is 0 Å². The zero-order valence-corrected chi connectivity index (χ0v) is 9.76. The number of nitrogens with one attached hydrogen (secondary N) is 1. The molecule has 1 aliphatic rings. The summed E-state index contributed by atoms with van der Waals surface area (Å²) in [6, 6.07) is 4.41. The summed E-state index contributed by atoms with van der Waals surface area (Å²) in [5.41, 5.74) is 6.20. The molecule has 3 N–H and O–H groups in total. The number of carbonyl (C=O) groups excluding carboxylic acids is 1. The molecule has 0 fully saturated rings. The van der Waals surface area contributed by atoms with Crippen molar-refractivity contribution in [1.82, 2.24) is 0 Å². The number of nitrogen functional groups attached to an aromatic ring is 1. The highest BCUT2D eigenvalue weighted by Crippen LogP contribution is 2.37. The maximum atomic E-state index is 12.2. The number of carbonyl (C=O) groups is 1. The fourth-order valence-corrected chi connectivity index (χ4v) is 3.08. The lowest BCUT2D eigenvalue weighted by molar-refractivity contribution is -0.118. The Labute approximate surface area is 93.6 Å². The van der Waals surface area contributed by atoms with E-state index in [1.807, 2.05) is 0 Å². The molecule has 0 radical (unpaired) electrons. The van der Waals surface area contributed by atoms with Gasteiger partial charge in [-0.25, -0.2) is 8.42 Å². The van der Waals surface area contributed by atoms with Crippen molar-refractivity contribution < 1.29 is 13.2 Å². The van der Waals surface area contributed by atoms with E-state index in [9.17, 15) is 13.2 Å². The summed E-state index contributed by atoms with van der Waals surface area (Å²) in [6.07, 6.45) is 0. The van der Waals surface area contributed by atoms with Gasteiger partial charge < -0.3 is 11.1 Å². The molecule has 0 aromatic heterocycles. The molecule has 0 saturated carbocycles. The minimum atomic E-state index is -3.68. The number of sulfone groups is 1. The monoisotopic (exact) mass is 240 g/mol. The van der Waals surface area contributed by atoms with Crippen molar-refractivity contribution in [3.05, 3.63) is 18.2 Å². The zero-order chi connectivity index (χ0) is 12.1. The van der Waals surface area contributed by atoms with Crippen LogP contribution in [0.4, 0.5) is 11.4 Å². The maximum Gasteiger partial charge on any atom is 0.245 e. The molecule has 1 heterocycles. The summed E-state index contributed by atoms with van der Waals surface area (Å²) < 4.78 is 22.9. The van der Waals surface area contributed by atoms with Gasteiger partial charge in [0.25, 0.3) is 0 Å². The van der Waals surface area contributed by atoms with E-state index < -0.39 is 20.5 Å². The van der Waals surface area contributed by atoms with E-state index in [0.717, 1.165) is 0 Å². The van der Waals surface area contributed by atoms with Crippen LogP contribution >= 0.6 is 0 Å². The van der Waals surface area contributed by atoms with E-state index in [1.165, 1.54) is 26.0 Å². The number of benzene rings is 1. The number of amides is 1. The second-order valence-electron chi connectivity index (χ2n) is 4.22. The highest BCUT2D eigenvalue weighted by molar-refractivity contribution is 7.94. The summed E-state index contributed by atoms with van der Waals surface area (Å²) in [5, 5.41) is 2.56. The predicted molar refractivity (Wildman–Crippen MR) is 60.7 cm³/mol. The molecule has 0 aliphatic carbocycles. The molecule has 6 heteroatoms. The molecule has 86 valence electrons. The van der Waals surface area contributed by atoms with Crippen LogP contribution < -0.4 is 11.1 Å². The number of anilines is 2. The summed E-state index contributed by atoms with van der Waals surface area (Å²) in [7, 11) is -3.68. The summed E-state index contributed by atoms with van der Waals surface area (Å²) in [4.78, 5) is 11.7. The SMILES string of the molecule is CC1(C)C(=O)Nc2ccc(N)cc2S1(=O)=O. The smallest absolute Gasteiger partial charge is 0.245 e. The van der Waals surface area contributed by atoms with Crippen molar-refractivity contribution in [1.29, 1.82) is 0 Å². The molecule has 2 rings (SSSR count). The number of nitrogens with two attached hydrogens (primary N) is 1. The van der Waals surface area contributed by atoms with Gasteiger partial charge in [0.15, 0.2) is 9.84 Å². The number of fused-ring (bicyclic) bond motifs is 1. The zero-order valence-electron chi connectivity index (χ0n) is 8.94. The molecule has 1 aliphatic heterocycles. The Morgan fingerprint density at radius 2 is 1.94 bits per heavy atom. The van der Waals surface area contributed by atoms with Gasteiger partial charge in [0.1, 0.15) is 4.75 Å². The Morgan fingerprint density at radius 1 is 1.31 bits per heavy atom. The van der Waals surface area contributed by atoms with Crippen LogP contribution in [-0.4, -0.2) is 19.1 Å². The van der Waals surface area contributed by atoms with Gasteiger partial charge in [-0.05, 0) is 32.0 Å². The lowest BCUT2D eigenvalue weighted by atomic mass is 10.1. The van der Waals surface area contributed by atoms with Gasteiger partial charge in [-0.2, -0.15) is 0 Å². The van der Waals surface area contributed by atoms with Crippen LogP contribution in [0.15, 0.2) is 23.1 Å². The molecule has 0 atom stereocenters. The normalized spacial score (nSPS) is 21.0. The summed E-state index contributed by atoms with van der Waals surface area (Å²) >= 11 is 0. The third-order valence-corrected chi connectivity index (χ3v) is 5.21. The van der Waals surface area contributed by atoms with Crippen LogP contribution in [0.3, 0.4) is 0 Å². The van der Waals surface area contributed by atoms with Crippen LogP contribution in [-0.2, 0) is 14.6 Å². The quantitative estimate of drug-likeness (QED) is 0.655. The summed E-state index contributed by atoms with van der Waals surface area (Å²) in [6.45, 7) is 2.76. The molecule has 0 spiro atoms. The molecule has 0 bridgehead atoms. The number of hydrogen-bond donors (Lipinski definition) is 2. The van der Waals surface area contributed by atoms with E-state index in [0.29, 0.717) is 11.4 Å². The van der Waals surface area contributed by atoms with Crippen LogP contribution in [0.25, 0.3) is 0 Å². The van der Waals surface area contributed by atoms with Gasteiger partial charge in [-0.3, -0.25) is 4.79 Å².